The first-order chi connectivity index (χ1) is 8.57. The number of carbonyl (C=O) groups is 1. The quantitative estimate of drug-likeness (QED) is 0.557. The zero-order chi connectivity index (χ0) is 13.2. The molecule has 0 amide bonds. The van der Waals surface area contributed by atoms with E-state index in [1.165, 1.54) is 30.4 Å². The molecule has 2 unspecified atom stereocenters. The minimum Gasteiger partial charge on any atom is -0.467 e. The fraction of sp³-hybridized carbons (Fsp3) is 0.688. The third-order valence-electron chi connectivity index (χ3n) is 4.90. The predicted octanol–water partition coefficient (Wildman–Crippen LogP) is 3.88. The van der Waals surface area contributed by atoms with Gasteiger partial charge in [-0.1, -0.05) is 37.6 Å². The van der Waals surface area contributed by atoms with Gasteiger partial charge in [-0.05, 0) is 43.4 Å². The van der Waals surface area contributed by atoms with E-state index in [1.54, 1.807) is 0 Å². The second-order valence-electron chi connectivity index (χ2n) is 6.24. The van der Waals surface area contributed by atoms with Gasteiger partial charge in [0.25, 0.3) is 6.47 Å². The molecule has 1 fully saturated rings. The number of hydrogen-bond acceptors (Lipinski definition) is 2. The number of hydrogen-bond donors (Lipinski definition) is 0. The van der Waals surface area contributed by atoms with Crippen LogP contribution < -0.4 is 0 Å². The summed E-state index contributed by atoms with van der Waals surface area (Å²) in [5, 5.41) is 0. The summed E-state index contributed by atoms with van der Waals surface area (Å²) in [5.74, 6) is 0.972. The lowest BCUT2D eigenvalue weighted by Crippen LogP contribution is -2.35. The molecule has 3 atom stereocenters. The van der Waals surface area contributed by atoms with Crippen LogP contribution in [0.5, 0.6) is 0 Å². The second-order valence-corrected chi connectivity index (χ2v) is 6.24. The monoisotopic (exact) mass is 248 g/mol. The highest BCUT2D eigenvalue weighted by Gasteiger charge is 2.40. The highest BCUT2D eigenvalue weighted by molar-refractivity contribution is 5.37. The maximum Gasteiger partial charge on any atom is 0.293 e. The summed E-state index contributed by atoms with van der Waals surface area (Å²) in [4.78, 5) is 10.3. The van der Waals surface area contributed by atoms with Crippen molar-refractivity contribution in [2.75, 3.05) is 6.61 Å². The first kappa shape index (κ1) is 13.4. The molecule has 0 spiro atoms. The van der Waals surface area contributed by atoms with E-state index in [-0.39, 0.29) is 0 Å². The molecule has 1 saturated carbocycles. The van der Waals surface area contributed by atoms with Crippen LogP contribution >= 0.6 is 0 Å². The summed E-state index contributed by atoms with van der Waals surface area (Å²) in [6.45, 7) is 9.88. The Balaban J connectivity index is 2.08. The Morgan fingerprint density at radius 2 is 2.44 bits per heavy atom. The molecule has 0 bridgehead atoms. The molecular formula is C16H24O2. The van der Waals surface area contributed by atoms with Gasteiger partial charge < -0.3 is 4.74 Å². The van der Waals surface area contributed by atoms with E-state index < -0.39 is 0 Å². The van der Waals surface area contributed by atoms with Crippen LogP contribution in [0.15, 0.2) is 23.8 Å². The Morgan fingerprint density at radius 1 is 1.67 bits per heavy atom. The third kappa shape index (κ3) is 2.52. The fourth-order valence-corrected chi connectivity index (χ4v) is 3.57. The lowest BCUT2D eigenvalue weighted by atomic mass is 9.59. The molecule has 0 heterocycles. The van der Waals surface area contributed by atoms with Gasteiger partial charge in [-0.25, -0.2) is 0 Å². The largest absolute Gasteiger partial charge is 0.467 e. The number of rotatable bonds is 4. The van der Waals surface area contributed by atoms with Crippen molar-refractivity contribution in [1.82, 2.24) is 0 Å². The summed E-state index contributed by atoms with van der Waals surface area (Å²) >= 11 is 0. The lowest BCUT2D eigenvalue weighted by Gasteiger charge is -2.46. The summed E-state index contributed by atoms with van der Waals surface area (Å²) in [5.41, 5.74) is 3.30. The van der Waals surface area contributed by atoms with Crippen molar-refractivity contribution in [2.45, 2.75) is 46.0 Å². The van der Waals surface area contributed by atoms with E-state index in [9.17, 15) is 4.79 Å². The van der Waals surface area contributed by atoms with Crippen molar-refractivity contribution in [2.24, 2.45) is 17.3 Å². The number of ether oxygens (including phenoxy) is 1. The average Bonchev–Trinajstić information content (AvgIpc) is 2.35. The van der Waals surface area contributed by atoms with Crippen molar-refractivity contribution >= 4 is 6.47 Å². The van der Waals surface area contributed by atoms with Gasteiger partial charge in [-0.15, -0.1) is 0 Å². The maximum absolute atomic E-state index is 10.3. The van der Waals surface area contributed by atoms with E-state index >= 15 is 0 Å². The van der Waals surface area contributed by atoms with Crippen LogP contribution in [-0.4, -0.2) is 13.1 Å². The zero-order valence-electron chi connectivity index (χ0n) is 11.6. The molecule has 2 rings (SSSR count). The first-order valence-electron chi connectivity index (χ1n) is 6.98. The van der Waals surface area contributed by atoms with Crippen molar-refractivity contribution in [3.63, 3.8) is 0 Å². The van der Waals surface area contributed by atoms with Gasteiger partial charge in [0.2, 0.25) is 0 Å². The molecule has 0 N–H and O–H groups in total. The molecule has 0 aliphatic heterocycles. The van der Waals surface area contributed by atoms with E-state index in [4.69, 9.17) is 4.74 Å². The molecule has 2 aliphatic rings. The minimum atomic E-state index is 0.342. The number of fused-ring (bicyclic) bond motifs is 1. The van der Waals surface area contributed by atoms with Crippen LogP contribution in [0.3, 0.4) is 0 Å². The first-order valence-corrected chi connectivity index (χ1v) is 6.98. The normalized spacial score (nSPS) is 33.3. The molecule has 2 heteroatoms. The van der Waals surface area contributed by atoms with Gasteiger partial charge >= 0.3 is 0 Å². The molecule has 0 saturated heterocycles. The molecular weight excluding hydrogens is 224 g/mol. The van der Waals surface area contributed by atoms with E-state index in [2.05, 4.69) is 26.5 Å². The molecule has 100 valence electrons. The number of carbonyl (C=O) groups excluding carboxylic acids is 1. The molecule has 0 radical (unpaired) electrons. The Kier molecular flexibility index (Phi) is 3.94. The Hall–Kier alpha value is -1.05. The molecule has 18 heavy (non-hydrogen) atoms. The smallest absolute Gasteiger partial charge is 0.293 e. The molecule has 2 nitrogen and oxygen atoms in total. The molecule has 0 aromatic carbocycles. The third-order valence-corrected chi connectivity index (χ3v) is 4.90. The summed E-state index contributed by atoms with van der Waals surface area (Å²) < 4.78 is 4.89. The van der Waals surface area contributed by atoms with Crippen LogP contribution in [0, 0.1) is 17.3 Å². The van der Waals surface area contributed by atoms with Crippen molar-refractivity contribution in [3.8, 4) is 0 Å². The van der Waals surface area contributed by atoms with Crippen LogP contribution in [-0.2, 0) is 9.53 Å². The van der Waals surface area contributed by atoms with E-state index in [1.807, 2.05) is 0 Å². The Morgan fingerprint density at radius 3 is 3.17 bits per heavy atom. The van der Waals surface area contributed by atoms with Crippen molar-refractivity contribution in [3.05, 3.63) is 23.8 Å². The van der Waals surface area contributed by atoms with Crippen LogP contribution in [0.25, 0.3) is 0 Å². The zero-order valence-corrected chi connectivity index (χ0v) is 11.6. The van der Waals surface area contributed by atoms with Crippen molar-refractivity contribution in [1.29, 1.82) is 0 Å². The van der Waals surface area contributed by atoms with Gasteiger partial charge in [-0.2, -0.15) is 0 Å². The minimum absolute atomic E-state index is 0.342. The van der Waals surface area contributed by atoms with Gasteiger partial charge in [0.15, 0.2) is 0 Å². The van der Waals surface area contributed by atoms with E-state index in [0.717, 1.165) is 12.8 Å². The summed E-state index contributed by atoms with van der Waals surface area (Å²) in [6, 6.07) is 0. The Labute approximate surface area is 110 Å². The summed E-state index contributed by atoms with van der Waals surface area (Å²) in [7, 11) is 0. The fourth-order valence-electron chi connectivity index (χ4n) is 3.57. The highest BCUT2D eigenvalue weighted by Crippen LogP contribution is 2.52. The summed E-state index contributed by atoms with van der Waals surface area (Å²) in [6.07, 6.45) is 8.44. The van der Waals surface area contributed by atoms with Crippen LogP contribution in [0.4, 0.5) is 0 Å². The lowest BCUT2D eigenvalue weighted by molar-refractivity contribution is -0.129. The molecule has 0 aromatic rings. The topological polar surface area (TPSA) is 26.3 Å². The van der Waals surface area contributed by atoms with Crippen LogP contribution in [0.2, 0.25) is 0 Å². The predicted molar refractivity (Wildman–Crippen MR) is 73.1 cm³/mol. The second kappa shape index (κ2) is 5.29. The van der Waals surface area contributed by atoms with Gasteiger partial charge in [0.1, 0.15) is 0 Å². The van der Waals surface area contributed by atoms with Crippen LogP contribution in [0.1, 0.15) is 46.0 Å². The SMILES string of the molecule is C=C1CCC[C@@]2(C)CC=C(C(C)COC=O)CC12. The molecule has 2 aliphatic carbocycles. The average molecular weight is 248 g/mol. The Bertz CT molecular complexity index is 369. The maximum atomic E-state index is 10.3. The van der Waals surface area contributed by atoms with Crippen molar-refractivity contribution < 1.29 is 9.53 Å². The number of allylic oxidation sites excluding steroid dienone is 2. The van der Waals surface area contributed by atoms with Gasteiger partial charge in [0.05, 0.1) is 6.61 Å². The molecule has 0 aromatic heterocycles. The highest BCUT2D eigenvalue weighted by atomic mass is 16.5. The van der Waals surface area contributed by atoms with Gasteiger partial charge in [0, 0.05) is 5.92 Å². The standard InChI is InChI=1S/C16H24O2/c1-12-5-4-7-16(3)8-6-14(9-15(12)16)13(2)10-18-11-17/h6,11,13,15H,1,4-5,7-10H2,2-3H3/t13?,15?,16-/m0/s1. The van der Waals surface area contributed by atoms with E-state index in [0.29, 0.717) is 30.3 Å². The van der Waals surface area contributed by atoms with Gasteiger partial charge in [-0.3, -0.25) is 4.79 Å².